The fourth-order valence-corrected chi connectivity index (χ4v) is 7.72. The molecule has 4 aliphatic rings. The quantitative estimate of drug-likeness (QED) is 0.146. The molecule has 0 radical (unpaired) electrons. The minimum atomic E-state index is -3.17. The predicted octanol–water partition coefficient (Wildman–Crippen LogP) is 7.64. The lowest BCUT2D eigenvalue weighted by molar-refractivity contribution is -0.158. The zero-order valence-electron chi connectivity index (χ0n) is 27.4. The number of likely N-dealkylation sites (tertiary alicyclic amines) is 2. The smallest absolute Gasteiger partial charge is 0.312 e. The monoisotopic (exact) mass is 676 g/mol. The highest BCUT2D eigenvalue weighted by Crippen LogP contribution is 2.61. The number of esters is 2. The van der Waals surface area contributed by atoms with Crippen LogP contribution < -0.4 is 0 Å². The summed E-state index contributed by atoms with van der Waals surface area (Å²) in [7, 11) is 0. The van der Waals surface area contributed by atoms with Gasteiger partial charge in [-0.2, -0.15) is 8.78 Å². The first-order chi connectivity index (χ1) is 22.2. The van der Waals surface area contributed by atoms with Crippen LogP contribution in [0.5, 0.6) is 0 Å². The number of alkyl halides is 4. The van der Waals surface area contributed by atoms with Crippen LogP contribution >= 0.6 is 12.2 Å². The van der Waals surface area contributed by atoms with Gasteiger partial charge in [0.1, 0.15) is 4.99 Å². The molecule has 0 spiro atoms. The van der Waals surface area contributed by atoms with Crippen molar-refractivity contribution in [2.75, 3.05) is 32.8 Å². The second kappa shape index (κ2) is 13.5. The average molecular weight is 677 g/mol. The van der Waals surface area contributed by atoms with E-state index in [2.05, 4.69) is 0 Å². The minimum absolute atomic E-state index is 0.0840. The molecule has 2 heterocycles. The van der Waals surface area contributed by atoms with E-state index in [0.717, 1.165) is 11.1 Å². The van der Waals surface area contributed by atoms with Crippen LogP contribution in [0.2, 0.25) is 0 Å². The van der Waals surface area contributed by atoms with Crippen LogP contribution in [0.3, 0.4) is 0 Å². The van der Waals surface area contributed by atoms with Crippen molar-refractivity contribution in [2.24, 2.45) is 22.7 Å². The molecule has 6 nitrogen and oxygen atoms in total. The van der Waals surface area contributed by atoms with E-state index in [4.69, 9.17) is 21.7 Å². The Kier molecular flexibility index (Phi) is 10.1. The van der Waals surface area contributed by atoms with Crippen LogP contribution in [0.1, 0.15) is 76.6 Å². The van der Waals surface area contributed by atoms with Crippen molar-refractivity contribution >= 4 is 29.1 Å². The Morgan fingerprint density at radius 1 is 0.766 bits per heavy atom. The van der Waals surface area contributed by atoms with Crippen LogP contribution in [0.15, 0.2) is 60.7 Å². The molecule has 0 N–H and O–H groups in total. The first kappa shape index (κ1) is 35.3. The summed E-state index contributed by atoms with van der Waals surface area (Å²) in [5.74, 6) is -9.03. The largest absolute Gasteiger partial charge is 0.466 e. The normalized spacial score (nSPS) is 26.0. The van der Waals surface area contributed by atoms with Gasteiger partial charge in [-0.25, -0.2) is 8.78 Å². The zero-order valence-corrected chi connectivity index (χ0v) is 28.2. The zero-order chi connectivity index (χ0) is 34.2. The fraction of sp³-hybridized carbons (Fsp3) is 0.583. The van der Waals surface area contributed by atoms with Gasteiger partial charge in [0, 0.05) is 19.1 Å². The van der Waals surface area contributed by atoms with Gasteiger partial charge >= 0.3 is 17.9 Å². The van der Waals surface area contributed by atoms with Crippen LogP contribution in [-0.4, -0.2) is 71.4 Å². The summed E-state index contributed by atoms with van der Waals surface area (Å²) in [6.07, 6.45) is 1.92. The van der Waals surface area contributed by atoms with Gasteiger partial charge in [0.15, 0.2) is 0 Å². The number of hydrogen-bond acceptors (Lipinski definition) is 6. The topological polar surface area (TPSA) is 59.1 Å². The lowest BCUT2D eigenvalue weighted by atomic mass is 9.85. The molecule has 47 heavy (non-hydrogen) atoms. The lowest BCUT2D eigenvalue weighted by Gasteiger charge is -2.27. The van der Waals surface area contributed by atoms with Gasteiger partial charge in [-0.15, -0.1) is 0 Å². The summed E-state index contributed by atoms with van der Waals surface area (Å²) in [5, 5.41) is 0. The van der Waals surface area contributed by atoms with Crippen molar-refractivity contribution in [1.29, 1.82) is 0 Å². The second-order valence-corrected chi connectivity index (χ2v) is 13.7. The number of halogens is 4. The summed E-state index contributed by atoms with van der Waals surface area (Å²) in [6, 6.07) is 18.7. The molecule has 2 aromatic rings. The summed E-state index contributed by atoms with van der Waals surface area (Å²) < 4.78 is 69.1. The van der Waals surface area contributed by atoms with Gasteiger partial charge < -0.3 is 14.4 Å². The number of thiocarbonyl (C=S) groups is 1. The first-order valence-electron chi connectivity index (χ1n) is 16.5. The molecule has 0 amide bonds. The van der Waals surface area contributed by atoms with E-state index in [-0.39, 0.29) is 49.9 Å². The summed E-state index contributed by atoms with van der Waals surface area (Å²) >= 11 is 5.10. The molecule has 2 aromatic carbocycles. The molecular weight excluding hydrogens is 632 g/mol. The Morgan fingerprint density at radius 3 is 1.66 bits per heavy atom. The Hall–Kier alpha value is -3.05. The fourth-order valence-electron chi connectivity index (χ4n) is 7.34. The number of hydrogen-bond donors (Lipinski definition) is 0. The van der Waals surface area contributed by atoms with Gasteiger partial charge in [-0.05, 0) is 64.5 Å². The van der Waals surface area contributed by atoms with Gasteiger partial charge in [0.25, 0.3) is 5.92 Å². The Bertz CT molecular complexity index is 1430. The number of rotatable bonds is 10. The van der Waals surface area contributed by atoms with Gasteiger partial charge in [0.05, 0.1) is 48.5 Å². The first-order valence-corrected chi connectivity index (χ1v) is 16.9. The van der Waals surface area contributed by atoms with Crippen molar-refractivity contribution in [3.8, 4) is 0 Å². The van der Waals surface area contributed by atoms with E-state index < -0.39 is 46.4 Å². The molecule has 4 fully saturated rings. The van der Waals surface area contributed by atoms with Crippen molar-refractivity contribution in [3.05, 3.63) is 71.8 Å². The number of ether oxygens (including phenoxy) is 2. The van der Waals surface area contributed by atoms with Gasteiger partial charge in [0.2, 0.25) is 0 Å². The van der Waals surface area contributed by atoms with E-state index in [1.165, 1.54) is 0 Å². The summed E-state index contributed by atoms with van der Waals surface area (Å²) in [4.78, 5) is 27.4. The Balaban J connectivity index is 0.000000185. The molecule has 11 heteroatoms. The van der Waals surface area contributed by atoms with Crippen molar-refractivity contribution in [2.45, 2.75) is 77.3 Å². The Labute approximate surface area is 279 Å². The molecule has 4 atom stereocenters. The maximum Gasteiger partial charge on any atom is 0.312 e. The average Bonchev–Trinajstić information content (AvgIpc) is 3.98. The Morgan fingerprint density at radius 2 is 1.21 bits per heavy atom. The van der Waals surface area contributed by atoms with Crippen LogP contribution in [0.4, 0.5) is 17.6 Å². The maximum atomic E-state index is 14.9. The molecule has 0 unspecified atom stereocenters. The maximum absolute atomic E-state index is 14.9. The molecule has 0 aromatic heterocycles. The number of nitrogens with zero attached hydrogens (tertiary/aromatic N) is 2. The van der Waals surface area contributed by atoms with Crippen molar-refractivity contribution in [1.82, 2.24) is 9.80 Å². The third-order valence-corrected chi connectivity index (χ3v) is 11.1. The van der Waals surface area contributed by atoms with Crippen molar-refractivity contribution in [3.63, 3.8) is 0 Å². The van der Waals surface area contributed by atoms with Crippen LogP contribution in [-0.2, 0) is 19.1 Å². The molecule has 2 saturated heterocycles. The van der Waals surface area contributed by atoms with E-state index in [1.54, 1.807) is 23.6 Å². The van der Waals surface area contributed by atoms with E-state index in [1.807, 2.05) is 74.5 Å². The molecule has 2 saturated carbocycles. The predicted molar refractivity (Wildman–Crippen MR) is 174 cm³/mol. The summed E-state index contributed by atoms with van der Waals surface area (Å²) in [6.45, 7) is 7.68. The minimum Gasteiger partial charge on any atom is -0.466 e. The van der Waals surface area contributed by atoms with E-state index >= 15 is 0 Å². The molecular formula is C36H44F4N2O4S. The molecule has 2 aliphatic carbocycles. The van der Waals surface area contributed by atoms with Crippen LogP contribution in [0, 0.1) is 22.7 Å². The van der Waals surface area contributed by atoms with Gasteiger partial charge in [-0.1, -0.05) is 72.9 Å². The number of benzene rings is 2. The third kappa shape index (κ3) is 6.67. The summed E-state index contributed by atoms with van der Waals surface area (Å²) in [5.41, 5.74) is -0.0958. The highest BCUT2D eigenvalue weighted by Gasteiger charge is 2.70. The molecule has 2 aliphatic heterocycles. The van der Waals surface area contributed by atoms with Gasteiger partial charge in [-0.3, -0.25) is 14.5 Å². The second-order valence-electron chi connectivity index (χ2n) is 13.3. The number of carbonyl (C=O) groups excluding carboxylic acids is 2. The lowest BCUT2D eigenvalue weighted by Crippen LogP contribution is -2.40. The molecule has 6 rings (SSSR count). The highest BCUT2D eigenvalue weighted by atomic mass is 32.1. The highest BCUT2D eigenvalue weighted by molar-refractivity contribution is 7.80. The van der Waals surface area contributed by atoms with E-state index in [0.29, 0.717) is 25.7 Å². The van der Waals surface area contributed by atoms with Crippen LogP contribution in [0.25, 0.3) is 0 Å². The van der Waals surface area contributed by atoms with E-state index in [9.17, 15) is 27.2 Å². The SMILES string of the molecule is CCOC(=O)C1([C@H]2CN([C@@H](C)c3ccccc3)C(=S)C2(F)F)CC1.CCOC(=O)C1([C@H]2CN([C@@H](C)c3ccccc3)CC2(F)F)CC1. The van der Waals surface area contributed by atoms with Crippen molar-refractivity contribution < 1.29 is 36.6 Å². The standard InChI is InChI=1S/C18H21F2NO2S.C18H23F2NO2/c1-3-23-16(22)17(9-10-17)14-11-21(15(24)18(14,19)20)12(2)13-7-5-4-6-8-13;1-3-23-16(22)17(9-10-17)15-11-21(12-18(15,19)20)13(2)14-7-5-4-6-8-14/h4-8,12,14H,3,9-11H2,1-2H3;4-8,13,15H,3,9-12H2,1-2H3/t12-,14+;13-,15+/m00/s1. The number of carbonyl (C=O) groups is 2. The molecule has 0 bridgehead atoms. The third-order valence-electron chi connectivity index (χ3n) is 10.6. The molecule has 256 valence electrons.